The average molecular weight is 499 g/mol. The number of likely N-dealkylation sites (N-methyl/N-ethyl adjacent to an activating group) is 1. The number of benzene rings is 2. The van der Waals surface area contributed by atoms with Crippen LogP contribution < -0.4 is 19.7 Å². The van der Waals surface area contributed by atoms with Gasteiger partial charge in [0.25, 0.3) is 0 Å². The van der Waals surface area contributed by atoms with Gasteiger partial charge >= 0.3 is 6.03 Å². The summed E-state index contributed by atoms with van der Waals surface area (Å²) in [6.45, 7) is 4.44. The Hall–Kier alpha value is -3.46. The van der Waals surface area contributed by atoms with Crippen LogP contribution in [0.2, 0.25) is 0 Å². The molecule has 3 rings (SSSR count). The topological polar surface area (TPSA) is 94.6 Å². The molecule has 1 heterocycles. The van der Waals surface area contributed by atoms with Crippen molar-refractivity contribution in [3.05, 3.63) is 48.0 Å². The average Bonchev–Trinajstić information content (AvgIpc) is 2.91. The van der Waals surface area contributed by atoms with E-state index in [-0.39, 0.29) is 43.0 Å². The minimum atomic E-state index is -0.375. The lowest BCUT2D eigenvalue weighted by Gasteiger charge is -2.34. The number of anilines is 2. The molecule has 9 heteroatoms. The van der Waals surface area contributed by atoms with Gasteiger partial charge in [-0.05, 0) is 49.4 Å². The summed E-state index contributed by atoms with van der Waals surface area (Å²) in [4.78, 5) is 31.5. The van der Waals surface area contributed by atoms with Gasteiger partial charge in [-0.15, -0.1) is 0 Å². The van der Waals surface area contributed by atoms with Gasteiger partial charge in [-0.1, -0.05) is 6.92 Å². The van der Waals surface area contributed by atoms with Gasteiger partial charge in [0, 0.05) is 50.5 Å². The molecule has 0 bridgehead atoms. The van der Waals surface area contributed by atoms with Gasteiger partial charge in [-0.2, -0.15) is 0 Å². The Kier molecular flexibility index (Phi) is 9.03. The Bertz CT molecular complexity index is 1040. The first-order valence-corrected chi connectivity index (χ1v) is 12.2. The largest absolute Gasteiger partial charge is 0.497 e. The second kappa shape index (κ2) is 12.0. The third-order valence-electron chi connectivity index (χ3n) is 6.56. The number of carbonyl (C=O) groups is 2. The first kappa shape index (κ1) is 27.1. The highest BCUT2D eigenvalue weighted by Crippen LogP contribution is 2.30. The van der Waals surface area contributed by atoms with E-state index in [0.717, 1.165) is 11.3 Å². The summed E-state index contributed by atoms with van der Waals surface area (Å²) in [5.74, 6) is 1.18. The van der Waals surface area contributed by atoms with Crippen LogP contribution in [0.3, 0.4) is 0 Å². The molecule has 0 fully saturated rings. The van der Waals surface area contributed by atoms with Crippen molar-refractivity contribution in [3.8, 4) is 11.5 Å². The molecule has 2 N–H and O–H groups in total. The molecule has 3 atom stereocenters. The zero-order valence-electron chi connectivity index (χ0n) is 22.0. The van der Waals surface area contributed by atoms with E-state index in [1.54, 1.807) is 48.2 Å². The van der Waals surface area contributed by atoms with Crippen molar-refractivity contribution in [2.24, 2.45) is 5.92 Å². The summed E-state index contributed by atoms with van der Waals surface area (Å²) in [6, 6.07) is 12.3. The fourth-order valence-electron chi connectivity index (χ4n) is 4.16. The molecule has 1 aliphatic heterocycles. The molecule has 2 aromatic rings. The number of ether oxygens (including phenoxy) is 2. The van der Waals surface area contributed by atoms with Crippen LogP contribution in [0, 0.1) is 5.92 Å². The maximum atomic E-state index is 13.3. The normalized spacial score (nSPS) is 18.6. The van der Waals surface area contributed by atoms with Crippen molar-refractivity contribution in [1.29, 1.82) is 0 Å². The summed E-state index contributed by atoms with van der Waals surface area (Å²) < 4.78 is 11.6. The number of urea groups is 1. The summed E-state index contributed by atoms with van der Waals surface area (Å²) in [5.41, 5.74) is 2.41. The Morgan fingerprint density at radius 2 is 1.92 bits per heavy atom. The molecule has 0 saturated heterocycles. The predicted octanol–water partition coefficient (Wildman–Crippen LogP) is 3.07. The van der Waals surface area contributed by atoms with Gasteiger partial charge in [0.2, 0.25) is 5.91 Å². The second-order valence-electron chi connectivity index (χ2n) is 9.61. The molecule has 2 aromatic carbocycles. The number of nitrogens with one attached hydrogen (secondary N) is 1. The molecule has 0 radical (unpaired) electrons. The zero-order chi connectivity index (χ0) is 26.4. The summed E-state index contributed by atoms with van der Waals surface area (Å²) in [7, 11) is 7.20. The lowest BCUT2D eigenvalue weighted by molar-refractivity contribution is -0.134. The van der Waals surface area contributed by atoms with Gasteiger partial charge in [0.15, 0.2) is 0 Å². The van der Waals surface area contributed by atoms with E-state index < -0.39 is 0 Å². The summed E-state index contributed by atoms with van der Waals surface area (Å²) in [5, 5.41) is 12.7. The number of aliphatic hydroxyl groups excluding tert-OH is 1. The first-order chi connectivity index (χ1) is 17.1. The quantitative estimate of drug-likeness (QED) is 0.609. The molecule has 0 spiro atoms. The standard InChI is InChI=1S/C27H38N4O5/c1-18-15-31(19(2)17-32)26(33)14-20-13-22(29(3)4)9-12-24(20)36-25(18)16-30(5)27(34)28-21-7-10-23(35-6)11-8-21/h7-13,18-19,25,32H,14-17H2,1-6H3,(H,28,34)/t18-,19-,25+/m1/s1. The van der Waals surface area contributed by atoms with Gasteiger partial charge in [-0.3, -0.25) is 4.79 Å². The van der Waals surface area contributed by atoms with Crippen molar-refractivity contribution >= 4 is 23.3 Å². The van der Waals surface area contributed by atoms with Gasteiger partial charge in [-0.25, -0.2) is 4.79 Å². The van der Waals surface area contributed by atoms with Crippen LogP contribution in [-0.2, 0) is 11.2 Å². The highest BCUT2D eigenvalue weighted by atomic mass is 16.5. The fraction of sp³-hybridized carbons (Fsp3) is 0.481. The molecular formula is C27H38N4O5. The minimum Gasteiger partial charge on any atom is -0.497 e. The SMILES string of the molecule is COc1ccc(NC(=O)N(C)C[C@@H]2Oc3ccc(N(C)C)cc3CC(=O)N([C@H](C)CO)C[C@H]2C)cc1. The number of aliphatic hydroxyl groups is 1. The Morgan fingerprint density at radius 3 is 2.53 bits per heavy atom. The maximum absolute atomic E-state index is 13.3. The number of carbonyl (C=O) groups excluding carboxylic acids is 2. The number of fused-ring (bicyclic) bond motifs is 1. The molecule has 3 amide bonds. The van der Waals surface area contributed by atoms with Crippen molar-refractivity contribution in [2.75, 3.05) is 58.2 Å². The number of nitrogens with zero attached hydrogens (tertiary/aromatic N) is 3. The van der Waals surface area contributed by atoms with Crippen LogP contribution in [0.4, 0.5) is 16.2 Å². The monoisotopic (exact) mass is 498 g/mol. The van der Waals surface area contributed by atoms with Gasteiger partial charge < -0.3 is 34.6 Å². The number of hydrogen-bond donors (Lipinski definition) is 2. The van der Waals surface area contributed by atoms with Crippen molar-refractivity contribution in [3.63, 3.8) is 0 Å². The highest BCUT2D eigenvalue weighted by molar-refractivity contribution is 5.89. The smallest absolute Gasteiger partial charge is 0.321 e. The molecule has 9 nitrogen and oxygen atoms in total. The van der Waals surface area contributed by atoms with Gasteiger partial charge in [0.05, 0.1) is 32.7 Å². The lowest BCUT2D eigenvalue weighted by Crippen LogP contribution is -2.48. The van der Waals surface area contributed by atoms with Crippen LogP contribution in [0.15, 0.2) is 42.5 Å². The molecule has 36 heavy (non-hydrogen) atoms. The van der Waals surface area contributed by atoms with Crippen LogP contribution in [-0.4, -0.2) is 86.9 Å². The summed E-state index contributed by atoms with van der Waals surface area (Å²) in [6.07, 6.45) is -0.200. The van der Waals surface area contributed by atoms with Crippen LogP contribution in [0.25, 0.3) is 0 Å². The highest BCUT2D eigenvalue weighted by Gasteiger charge is 2.32. The molecule has 0 aromatic heterocycles. The summed E-state index contributed by atoms with van der Waals surface area (Å²) >= 11 is 0. The molecule has 0 saturated carbocycles. The van der Waals surface area contributed by atoms with Gasteiger partial charge in [0.1, 0.15) is 17.6 Å². The number of rotatable bonds is 7. The maximum Gasteiger partial charge on any atom is 0.321 e. The second-order valence-corrected chi connectivity index (χ2v) is 9.61. The van der Waals surface area contributed by atoms with E-state index in [0.29, 0.717) is 30.3 Å². The predicted molar refractivity (Wildman–Crippen MR) is 141 cm³/mol. The van der Waals surface area contributed by atoms with E-state index in [4.69, 9.17) is 9.47 Å². The van der Waals surface area contributed by atoms with E-state index in [9.17, 15) is 14.7 Å². The fourth-order valence-corrected chi connectivity index (χ4v) is 4.16. The Balaban J connectivity index is 1.84. The molecule has 0 aliphatic carbocycles. The van der Waals surface area contributed by atoms with Crippen molar-refractivity contribution in [1.82, 2.24) is 9.80 Å². The Labute approximate surface area is 213 Å². The van der Waals surface area contributed by atoms with E-state index in [1.807, 2.05) is 51.0 Å². The van der Waals surface area contributed by atoms with Crippen LogP contribution in [0.5, 0.6) is 11.5 Å². The molecular weight excluding hydrogens is 460 g/mol. The number of methoxy groups -OCH3 is 1. The van der Waals surface area contributed by atoms with E-state index in [2.05, 4.69) is 5.32 Å². The zero-order valence-corrected chi connectivity index (χ0v) is 22.0. The van der Waals surface area contributed by atoms with E-state index >= 15 is 0 Å². The van der Waals surface area contributed by atoms with Crippen LogP contribution in [0.1, 0.15) is 19.4 Å². The molecule has 196 valence electrons. The number of hydrogen-bond acceptors (Lipinski definition) is 6. The van der Waals surface area contributed by atoms with Crippen molar-refractivity contribution < 1.29 is 24.2 Å². The van der Waals surface area contributed by atoms with Crippen molar-refractivity contribution in [2.45, 2.75) is 32.4 Å². The Morgan fingerprint density at radius 1 is 1.22 bits per heavy atom. The lowest BCUT2D eigenvalue weighted by atomic mass is 10.0. The molecule has 0 unspecified atom stereocenters. The molecule has 1 aliphatic rings. The van der Waals surface area contributed by atoms with E-state index in [1.165, 1.54) is 0 Å². The number of amides is 3. The minimum absolute atomic E-state index is 0.0598. The third-order valence-corrected chi connectivity index (χ3v) is 6.56. The van der Waals surface area contributed by atoms with Crippen LogP contribution >= 0.6 is 0 Å². The third kappa shape index (κ3) is 6.60. The first-order valence-electron chi connectivity index (χ1n) is 12.2.